The van der Waals surface area contributed by atoms with E-state index >= 15 is 0 Å². The summed E-state index contributed by atoms with van der Waals surface area (Å²) >= 11 is 0. The molecular weight excluding hydrogens is 656 g/mol. The van der Waals surface area contributed by atoms with Crippen molar-refractivity contribution in [3.63, 3.8) is 0 Å². The zero-order chi connectivity index (χ0) is 38.9. The van der Waals surface area contributed by atoms with Gasteiger partial charge in [-0.3, -0.25) is 28.8 Å². The number of alkyl carbamates (subject to hydrolysis) is 1. The highest BCUT2D eigenvalue weighted by atomic mass is 16.5. The first-order chi connectivity index (χ1) is 23.9. The van der Waals surface area contributed by atoms with Crippen LogP contribution in [0.3, 0.4) is 0 Å². The molecule has 51 heavy (non-hydrogen) atoms. The summed E-state index contributed by atoms with van der Waals surface area (Å²) in [7, 11) is 3.11. The third-order valence-electron chi connectivity index (χ3n) is 7.73. The SMILES string of the molecule is CCC.CCCC(NC(=O)C1CCCN1C(=O)[C@@H](NC(=O)OCC(C)C)C(C)(C)C)C(=O)C(=O)NCC(=O)N[C@H](C(=O)N(C)C)c1ccccc1. The van der Waals surface area contributed by atoms with Gasteiger partial charge in [0, 0.05) is 20.6 Å². The fourth-order valence-electron chi connectivity index (χ4n) is 5.15. The summed E-state index contributed by atoms with van der Waals surface area (Å²) in [6.07, 6.45) is 1.98. The molecule has 1 saturated heterocycles. The molecule has 1 fully saturated rings. The molecule has 4 N–H and O–H groups in total. The molecule has 14 nitrogen and oxygen atoms in total. The molecule has 0 spiro atoms. The van der Waals surface area contributed by atoms with E-state index in [-0.39, 0.29) is 31.4 Å². The Balaban J connectivity index is 0.00000418. The number of nitrogens with one attached hydrogen (secondary N) is 4. The van der Waals surface area contributed by atoms with Crippen LogP contribution >= 0.6 is 0 Å². The van der Waals surface area contributed by atoms with Gasteiger partial charge in [-0.05, 0) is 36.2 Å². The largest absolute Gasteiger partial charge is 0.449 e. The van der Waals surface area contributed by atoms with E-state index in [9.17, 15) is 33.6 Å². The topological polar surface area (TPSA) is 183 Å². The van der Waals surface area contributed by atoms with Crippen LogP contribution in [0.1, 0.15) is 99.1 Å². The zero-order valence-corrected chi connectivity index (χ0v) is 32.1. The normalized spacial score (nSPS) is 15.7. The Labute approximate surface area is 303 Å². The highest BCUT2D eigenvalue weighted by Gasteiger charge is 2.43. The number of carbonyl (C=O) groups excluding carboxylic acids is 7. The number of amides is 6. The molecule has 6 amide bonds. The van der Waals surface area contributed by atoms with Gasteiger partial charge in [-0.1, -0.05) is 98.6 Å². The highest BCUT2D eigenvalue weighted by molar-refractivity contribution is 6.38. The van der Waals surface area contributed by atoms with Gasteiger partial charge in [0.1, 0.15) is 18.1 Å². The van der Waals surface area contributed by atoms with Crippen LogP contribution < -0.4 is 21.3 Å². The van der Waals surface area contributed by atoms with Crippen LogP contribution in [0.5, 0.6) is 0 Å². The molecule has 2 rings (SSSR count). The van der Waals surface area contributed by atoms with E-state index in [1.165, 1.54) is 16.2 Å². The second-order valence-electron chi connectivity index (χ2n) is 14.4. The number of nitrogens with zero attached hydrogens (tertiary/aromatic N) is 2. The highest BCUT2D eigenvalue weighted by Crippen LogP contribution is 2.26. The lowest BCUT2D eigenvalue weighted by molar-refractivity contribution is -0.144. The number of hydrogen-bond donors (Lipinski definition) is 4. The van der Waals surface area contributed by atoms with Crippen molar-refractivity contribution in [3.8, 4) is 0 Å². The quantitative estimate of drug-likeness (QED) is 0.200. The molecule has 0 saturated carbocycles. The van der Waals surface area contributed by atoms with Gasteiger partial charge in [0.25, 0.3) is 5.91 Å². The first kappa shape index (κ1) is 44.5. The molecule has 14 heteroatoms. The smallest absolute Gasteiger partial charge is 0.407 e. The van der Waals surface area contributed by atoms with E-state index in [4.69, 9.17) is 4.74 Å². The molecule has 4 atom stereocenters. The molecule has 1 aliphatic rings. The third kappa shape index (κ3) is 14.7. The Hall–Kier alpha value is -4.49. The van der Waals surface area contributed by atoms with Gasteiger partial charge in [0.05, 0.1) is 19.2 Å². The predicted octanol–water partition coefficient (Wildman–Crippen LogP) is 3.11. The Morgan fingerprint density at radius 3 is 2.08 bits per heavy atom. The van der Waals surface area contributed by atoms with E-state index in [0.29, 0.717) is 24.8 Å². The molecule has 2 unspecified atom stereocenters. The number of benzene rings is 1. The van der Waals surface area contributed by atoms with Gasteiger partial charge >= 0.3 is 6.09 Å². The Morgan fingerprint density at radius 1 is 0.941 bits per heavy atom. The number of likely N-dealkylation sites (tertiary alicyclic amines) is 1. The summed E-state index contributed by atoms with van der Waals surface area (Å²) in [6, 6.07) is 4.51. The van der Waals surface area contributed by atoms with Gasteiger partial charge in [-0.25, -0.2) is 4.79 Å². The molecule has 0 radical (unpaired) electrons. The summed E-state index contributed by atoms with van der Waals surface area (Å²) in [5.74, 6) is -4.03. The summed E-state index contributed by atoms with van der Waals surface area (Å²) in [5, 5.41) is 10.2. The second kappa shape index (κ2) is 21.7. The summed E-state index contributed by atoms with van der Waals surface area (Å²) in [6.45, 7) is 15.1. The van der Waals surface area contributed by atoms with Crippen molar-refractivity contribution in [2.24, 2.45) is 11.3 Å². The molecule has 0 aromatic heterocycles. The van der Waals surface area contributed by atoms with Crippen LogP contribution in [0.4, 0.5) is 4.79 Å². The Kier molecular flexibility index (Phi) is 18.9. The van der Waals surface area contributed by atoms with Gasteiger partial charge in [-0.15, -0.1) is 0 Å². The predicted molar refractivity (Wildman–Crippen MR) is 194 cm³/mol. The van der Waals surface area contributed by atoms with Crippen molar-refractivity contribution < 1.29 is 38.3 Å². The van der Waals surface area contributed by atoms with Crippen molar-refractivity contribution in [1.82, 2.24) is 31.1 Å². The van der Waals surface area contributed by atoms with Crippen LogP contribution in [0.15, 0.2) is 30.3 Å². The fraction of sp³-hybridized carbons (Fsp3) is 0.649. The Bertz CT molecular complexity index is 1330. The minimum absolute atomic E-state index is 0.106. The average Bonchev–Trinajstić information content (AvgIpc) is 3.57. The van der Waals surface area contributed by atoms with Gasteiger partial charge in [0.15, 0.2) is 0 Å². The van der Waals surface area contributed by atoms with Crippen LogP contribution in [-0.2, 0) is 33.5 Å². The van der Waals surface area contributed by atoms with Crippen LogP contribution in [-0.4, -0.2) is 103 Å². The van der Waals surface area contributed by atoms with E-state index in [2.05, 4.69) is 35.1 Å². The monoisotopic (exact) mass is 716 g/mol. The van der Waals surface area contributed by atoms with Crippen LogP contribution in [0.2, 0.25) is 0 Å². The van der Waals surface area contributed by atoms with Crippen molar-refractivity contribution in [2.45, 2.75) is 112 Å². The minimum Gasteiger partial charge on any atom is -0.449 e. The lowest BCUT2D eigenvalue weighted by Crippen LogP contribution is -2.59. The first-order valence-electron chi connectivity index (χ1n) is 17.8. The maximum Gasteiger partial charge on any atom is 0.407 e. The number of likely N-dealkylation sites (N-methyl/N-ethyl adjacent to an activating group) is 1. The second-order valence-corrected chi connectivity index (χ2v) is 14.4. The van der Waals surface area contributed by atoms with E-state index in [1.807, 2.05) is 13.8 Å². The molecule has 1 aromatic rings. The van der Waals surface area contributed by atoms with E-state index in [0.717, 1.165) is 0 Å². The van der Waals surface area contributed by atoms with Crippen molar-refractivity contribution in [2.75, 3.05) is 33.8 Å². The maximum absolute atomic E-state index is 13.7. The number of ketones is 1. The van der Waals surface area contributed by atoms with Gasteiger partial charge < -0.3 is 35.8 Å². The summed E-state index contributed by atoms with van der Waals surface area (Å²) < 4.78 is 5.22. The summed E-state index contributed by atoms with van der Waals surface area (Å²) in [5.41, 5.74) is -0.156. The van der Waals surface area contributed by atoms with Gasteiger partial charge in [-0.2, -0.15) is 0 Å². The number of hydrogen-bond acceptors (Lipinski definition) is 8. The fourth-order valence-corrected chi connectivity index (χ4v) is 5.15. The number of ether oxygens (including phenoxy) is 1. The molecule has 0 bridgehead atoms. The zero-order valence-electron chi connectivity index (χ0n) is 32.1. The molecule has 1 aliphatic heterocycles. The third-order valence-corrected chi connectivity index (χ3v) is 7.73. The van der Waals surface area contributed by atoms with E-state index < -0.39 is 71.6 Å². The molecule has 1 aromatic carbocycles. The van der Waals surface area contributed by atoms with Crippen molar-refractivity contribution in [3.05, 3.63) is 35.9 Å². The molecule has 0 aliphatic carbocycles. The maximum atomic E-state index is 13.7. The van der Waals surface area contributed by atoms with Crippen LogP contribution in [0.25, 0.3) is 0 Å². The van der Waals surface area contributed by atoms with Gasteiger partial charge in [0.2, 0.25) is 29.4 Å². The summed E-state index contributed by atoms with van der Waals surface area (Å²) in [4.78, 5) is 93.9. The van der Waals surface area contributed by atoms with Crippen molar-refractivity contribution in [1.29, 1.82) is 0 Å². The minimum atomic E-state index is -1.20. The lowest BCUT2D eigenvalue weighted by Gasteiger charge is -2.35. The first-order valence-corrected chi connectivity index (χ1v) is 17.8. The molecular formula is C37H60N6O8. The Morgan fingerprint density at radius 2 is 1.55 bits per heavy atom. The number of rotatable bonds is 15. The number of carbonyl (C=O) groups is 7. The van der Waals surface area contributed by atoms with Crippen molar-refractivity contribution >= 4 is 41.4 Å². The lowest BCUT2D eigenvalue weighted by atomic mass is 9.85. The molecule has 286 valence electrons. The molecule has 1 heterocycles. The van der Waals surface area contributed by atoms with E-state index in [1.54, 1.807) is 72.1 Å². The average molecular weight is 717 g/mol. The number of Topliss-reactive ketones (excluding diaryl/α,β-unsaturated/α-hetero) is 1. The van der Waals surface area contributed by atoms with Crippen LogP contribution in [0, 0.1) is 11.3 Å². The standard InChI is InChI=1S/C34H52N6O8.C3H8/c1-9-14-23(27(42)30(44)35-19-25(41)37-26(31(45)39(7)8)22-15-11-10-12-16-22)36-29(43)24-17-13-18-40(24)32(46)28(34(4,5)6)38-33(47)48-20-21(2)3;1-3-2/h10-12,15-16,21,23-24,26,28H,9,13-14,17-20H2,1-8H3,(H,35,44)(H,36,43)(H,37,41)(H,38,47);3H2,1-2H3/t23?,24?,26-,28+;/m0./s1.